The maximum Gasteiger partial charge on any atom is 0.260 e. The third-order valence-electron chi connectivity index (χ3n) is 5.34. The highest BCUT2D eigenvalue weighted by Crippen LogP contribution is 2.32. The van der Waals surface area contributed by atoms with Gasteiger partial charge in [-0.25, -0.2) is 9.97 Å². The number of anilines is 1. The summed E-state index contributed by atoms with van der Waals surface area (Å²) in [5, 5.41) is 11.3. The van der Waals surface area contributed by atoms with Crippen LogP contribution in [0.15, 0.2) is 18.2 Å². The number of ether oxygens (including phenoxy) is 2. The number of morpholine rings is 1. The summed E-state index contributed by atoms with van der Waals surface area (Å²) in [5.74, 6) is 1.68. The summed E-state index contributed by atoms with van der Waals surface area (Å²) in [6, 6.07) is 5.47. The lowest BCUT2D eigenvalue weighted by atomic mass is 10.1. The molecule has 3 heterocycles. The van der Waals surface area contributed by atoms with Gasteiger partial charge in [-0.1, -0.05) is 6.92 Å². The van der Waals surface area contributed by atoms with E-state index in [-0.39, 0.29) is 12.5 Å². The first-order chi connectivity index (χ1) is 14.8. The van der Waals surface area contributed by atoms with Crippen molar-refractivity contribution >= 4 is 33.7 Å². The number of imidazole rings is 1. The molecule has 0 unspecified atom stereocenters. The van der Waals surface area contributed by atoms with E-state index in [4.69, 9.17) is 15.2 Å². The van der Waals surface area contributed by atoms with Gasteiger partial charge >= 0.3 is 0 Å². The third kappa shape index (κ3) is 4.42. The fourth-order valence-electron chi connectivity index (χ4n) is 3.90. The number of hydrogen-bond donors (Lipinski definition) is 2. The van der Waals surface area contributed by atoms with Gasteiger partial charge in [0, 0.05) is 24.9 Å². The molecule has 0 atom stereocenters. The molecule has 9 heteroatoms. The second-order valence-electron chi connectivity index (χ2n) is 8.44. The fraction of sp³-hybridized carbons (Fsp3) is 0.500. The van der Waals surface area contributed by atoms with Crippen molar-refractivity contribution in [2.45, 2.75) is 39.3 Å². The number of benzene rings is 1. The summed E-state index contributed by atoms with van der Waals surface area (Å²) < 4.78 is 13.1. The predicted molar refractivity (Wildman–Crippen MR) is 118 cm³/mol. The monoisotopic (exact) mass is 427 g/mol. The molecular weight excluding hydrogens is 398 g/mol. The van der Waals surface area contributed by atoms with Crippen molar-refractivity contribution in [1.82, 2.24) is 19.4 Å². The molecule has 1 aliphatic rings. The number of aliphatic hydroxyl groups is 1. The number of rotatable bonds is 6. The summed E-state index contributed by atoms with van der Waals surface area (Å²) in [6.45, 7) is 8.13. The molecule has 0 bridgehead atoms. The van der Waals surface area contributed by atoms with Gasteiger partial charge < -0.3 is 29.8 Å². The van der Waals surface area contributed by atoms with E-state index < -0.39 is 5.60 Å². The van der Waals surface area contributed by atoms with E-state index in [0.717, 1.165) is 16.7 Å². The molecule has 0 radical (unpaired) electrons. The number of nitrogen functional groups attached to an aromatic ring is 1. The maximum atomic E-state index is 12.4. The van der Waals surface area contributed by atoms with Crippen LogP contribution in [-0.2, 0) is 22.5 Å². The van der Waals surface area contributed by atoms with Gasteiger partial charge in [-0.2, -0.15) is 0 Å². The third-order valence-corrected chi connectivity index (χ3v) is 5.34. The van der Waals surface area contributed by atoms with E-state index in [1.807, 2.05) is 23.6 Å². The molecule has 31 heavy (non-hydrogen) atoms. The highest BCUT2D eigenvalue weighted by Gasteiger charge is 2.22. The molecular formula is C22H29N5O4. The van der Waals surface area contributed by atoms with Gasteiger partial charge in [0.05, 0.1) is 36.4 Å². The van der Waals surface area contributed by atoms with Gasteiger partial charge in [-0.3, -0.25) is 4.79 Å². The zero-order valence-electron chi connectivity index (χ0n) is 18.2. The Morgan fingerprint density at radius 2 is 2.03 bits per heavy atom. The van der Waals surface area contributed by atoms with Gasteiger partial charge in [0.25, 0.3) is 5.91 Å². The highest BCUT2D eigenvalue weighted by atomic mass is 16.5. The number of aromatic nitrogens is 3. The molecule has 1 fully saturated rings. The van der Waals surface area contributed by atoms with Crippen molar-refractivity contribution < 1.29 is 19.4 Å². The van der Waals surface area contributed by atoms with Crippen LogP contribution in [-0.4, -0.2) is 69.0 Å². The van der Waals surface area contributed by atoms with Crippen molar-refractivity contribution in [3.05, 3.63) is 24.0 Å². The molecule has 0 saturated carbocycles. The van der Waals surface area contributed by atoms with E-state index in [1.54, 1.807) is 24.8 Å². The summed E-state index contributed by atoms with van der Waals surface area (Å²) in [5.41, 5.74) is 7.39. The van der Waals surface area contributed by atoms with Crippen LogP contribution >= 0.6 is 0 Å². The number of fused-ring (bicyclic) bond motifs is 3. The largest absolute Gasteiger partial charge is 0.484 e. The Morgan fingerprint density at radius 1 is 1.29 bits per heavy atom. The van der Waals surface area contributed by atoms with Gasteiger partial charge in [0.15, 0.2) is 12.4 Å². The Balaban J connectivity index is 1.71. The first-order valence-corrected chi connectivity index (χ1v) is 10.6. The summed E-state index contributed by atoms with van der Waals surface area (Å²) in [7, 11) is 0. The number of pyridine rings is 1. The van der Waals surface area contributed by atoms with Crippen molar-refractivity contribution in [2.24, 2.45) is 0 Å². The second-order valence-corrected chi connectivity index (χ2v) is 8.44. The minimum absolute atomic E-state index is 0.0415. The quantitative estimate of drug-likeness (QED) is 0.615. The molecule has 1 aliphatic heterocycles. The van der Waals surface area contributed by atoms with Gasteiger partial charge in [-0.15, -0.1) is 0 Å². The van der Waals surface area contributed by atoms with E-state index in [2.05, 4.69) is 9.97 Å². The van der Waals surface area contributed by atoms with Crippen LogP contribution in [0.25, 0.3) is 21.9 Å². The van der Waals surface area contributed by atoms with Crippen LogP contribution in [0.4, 0.5) is 5.82 Å². The topological polar surface area (TPSA) is 116 Å². The number of amides is 1. The van der Waals surface area contributed by atoms with E-state index >= 15 is 0 Å². The van der Waals surface area contributed by atoms with Crippen molar-refractivity contribution in [1.29, 1.82) is 0 Å². The lowest BCUT2D eigenvalue weighted by Gasteiger charge is -2.26. The zero-order valence-corrected chi connectivity index (χ0v) is 18.2. The Bertz CT molecular complexity index is 1110. The lowest BCUT2D eigenvalue weighted by Crippen LogP contribution is -2.42. The Morgan fingerprint density at radius 3 is 2.71 bits per heavy atom. The van der Waals surface area contributed by atoms with Crippen LogP contribution in [0, 0.1) is 0 Å². The summed E-state index contributed by atoms with van der Waals surface area (Å²) >= 11 is 0. The zero-order chi connectivity index (χ0) is 22.2. The molecule has 1 aromatic carbocycles. The molecule has 166 valence electrons. The molecule has 3 aromatic rings. The number of aryl methyl sites for hydroxylation is 1. The molecule has 1 amide bonds. The standard InChI is InChI=1S/C22H29N5O4/c1-4-17-25-19-20(27(17)13-22(2,3)29)15-11-14(5-6-16(15)24-21(19)23)31-12-18(28)26-7-9-30-10-8-26/h5-6,11,29H,4,7-10,12-13H2,1-3H3,(H2,23,24). The number of nitrogens with two attached hydrogens (primary N) is 1. The summed E-state index contributed by atoms with van der Waals surface area (Å²) in [4.78, 5) is 23.3. The van der Waals surface area contributed by atoms with Crippen LogP contribution in [0.3, 0.4) is 0 Å². The van der Waals surface area contributed by atoms with E-state index in [9.17, 15) is 9.90 Å². The normalized spacial score (nSPS) is 15.0. The lowest BCUT2D eigenvalue weighted by molar-refractivity contribution is -0.137. The molecule has 9 nitrogen and oxygen atoms in total. The van der Waals surface area contributed by atoms with Crippen LogP contribution in [0.2, 0.25) is 0 Å². The maximum absolute atomic E-state index is 12.4. The number of carbonyl (C=O) groups excluding carboxylic acids is 1. The SMILES string of the molecule is CCc1nc2c(N)nc3ccc(OCC(=O)N4CCOCC4)cc3c2n1CC(C)(C)O. The molecule has 4 rings (SSSR count). The average molecular weight is 428 g/mol. The van der Waals surface area contributed by atoms with Crippen molar-refractivity contribution in [3.63, 3.8) is 0 Å². The first-order valence-electron chi connectivity index (χ1n) is 10.6. The number of carbonyl (C=O) groups is 1. The second kappa shape index (κ2) is 8.32. The van der Waals surface area contributed by atoms with Gasteiger partial charge in [-0.05, 0) is 32.0 Å². The van der Waals surface area contributed by atoms with Gasteiger partial charge in [0.1, 0.15) is 17.1 Å². The molecule has 0 spiro atoms. The fourth-order valence-corrected chi connectivity index (χ4v) is 3.90. The highest BCUT2D eigenvalue weighted by molar-refractivity contribution is 6.07. The van der Waals surface area contributed by atoms with Crippen molar-refractivity contribution in [2.75, 3.05) is 38.6 Å². The number of nitrogens with zero attached hydrogens (tertiary/aromatic N) is 4. The van der Waals surface area contributed by atoms with Crippen LogP contribution in [0.1, 0.15) is 26.6 Å². The minimum Gasteiger partial charge on any atom is -0.484 e. The number of hydrogen-bond acceptors (Lipinski definition) is 7. The Labute approximate surface area is 180 Å². The van der Waals surface area contributed by atoms with Crippen molar-refractivity contribution in [3.8, 4) is 5.75 Å². The van der Waals surface area contributed by atoms with E-state index in [0.29, 0.717) is 61.9 Å². The molecule has 2 aromatic heterocycles. The van der Waals surface area contributed by atoms with E-state index in [1.165, 1.54) is 0 Å². The van der Waals surface area contributed by atoms with Gasteiger partial charge in [0.2, 0.25) is 0 Å². The minimum atomic E-state index is -0.930. The Hall–Kier alpha value is -2.91. The smallest absolute Gasteiger partial charge is 0.260 e. The summed E-state index contributed by atoms with van der Waals surface area (Å²) in [6.07, 6.45) is 0.690. The average Bonchev–Trinajstić information content (AvgIpc) is 3.10. The molecule has 1 saturated heterocycles. The molecule has 3 N–H and O–H groups in total. The molecule has 0 aliphatic carbocycles. The van der Waals surface area contributed by atoms with Crippen LogP contribution < -0.4 is 10.5 Å². The first kappa shape index (κ1) is 21.3. The Kier molecular flexibility index (Phi) is 5.72. The predicted octanol–water partition coefficient (Wildman–Crippen LogP) is 1.74. The van der Waals surface area contributed by atoms with Crippen LogP contribution in [0.5, 0.6) is 5.75 Å².